The van der Waals surface area contributed by atoms with E-state index in [0.717, 1.165) is 18.4 Å². The summed E-state index contributed by atoms with van der Waals surface area (Å²) >= 11 is 0. The highest BCUT2D eigenvalue weighted by molar-refractivity contribution is 5.90. The zero-order valence-electron chi connectivity index (χ0n) is 11.7. The maximum atomic E-state index is 12.6. The molecule has 0 atom stereocenters. The highest BCUT2D eigenvalue weighted by Crippen LogP contribution is 2.35. The van der Waals surface area contributed by atoms with Crippen molar-refractivity contribution in [3.8, 4) is 0 Å². The molecule has 2 rings (SSSR count). The smallest absolute Gasteiger partial charge is 0.157 e. The molecule has 1 aliphatic rings. The molecule has 1 fully saturated rings. The molecule has 0 N–H and O–H groups in total. The molecule has 0 radical (unpaired) electrons. The summed E-state index contributed by atoms with van der Waals surface area (Å²) in [4.78, 5) is 14.8. The number of aryl methyl sites for hydroxylation is 1. The van der Waals surface area contributed by atoms with Crippen molar-refractivity contribution in [3.05, 3.63) is 35.4 Å². The number of nitrogens with zero attached hydrogens (tertiary/aromatic N) is 1. The fourth-order valence-electron chi connectivity index (χ4n) is 2.99. The molecule has 0 amide bonds. The molecule has 1 aromatic carbocycles. The summed E-state index contributed by atoms with van der Waals surface area (Å²) < 4.78 is 0. The average Bonchev–Trinajstić information content (AvgIpc) is 2.82. The van der Waals surface area contributed by atoms with Gasteiger partial charge in [0.05, 0.1) is 5.54 Å². The van der Waals surface area contributed by atoms with Crippen LogP contribution in [0.25, 0.3) is 0 Å². The van der Waals surface area contributed by atoms with Gasteiger partial charge in [0.2, 0.25) is 0 Å². The Hall–Kier alpha value is -1.15. The number of ketones is 1. The number of rotatable bonds is 4. The van der Waals surface area contributed by atoms with Crippen LogP contribution in [0.4, 0.5) is 0 Å². The highest BCUT2D eigenvalue weighted by Gasteiger charge is 2.42. The molecule has 0 aromatic heterocycles. The lowest BCUT2D eigenvalue weighted by atomic mass is 9.87. The van der Waals surface area contributed by atoms with Gasteiger partial charge in [-0.25, -0.2) is 0 Å². The third-order valence-corrected chi connectivity index (χ3v) is 4.29. The van der Waals surface area contributed by atoms with E-state index in [1.54, 1.807) is 0 Å². The summed E-state index contributed by atoms with van der Waals surface area (Å²) in [5.74, 6) is 0.383. The molecular formula is C16H23NO. The standard InChI is InChI=1S/C16H23NO/c1-13-6-8-14(9-7-13)12-15(18)16(17(2)3)10-4-5-11-16/h6-9H,4-5,10-12H2,1-3H3. The first-order valence-corrected chi connectivity index (χ1v) is 6.81. The molecule has 0 aliphatic heterocycles. The largest absolute Gasteiger partial charge is 0.297 e. The number of carbonyl (C=O) groups excluding carboxylic acids is 1. The SMILES string of the molecule is Cc1ccc(CC(=O)C2(N(C)C)CCCC2)cc1. The van der Waals surface area contributed by atoms with E-state index >= 15 is 0 Å². The summed E-state index contributed by atoms with van der Waals surface area (Å²) in [5, 5.41) is 0. The topological polar surface area (TPSA) is 20.3 Å². The molecule has 1 saturated carbocycles. The summed E-state index contributed by atoms with van der Waals surface area (Å²) in [5.41, 5.74) is 2.18. The Morgan fingerprint density at radius 1 is 1.17 bits per heavy atom. The van der Waals surface area contributed by atoms with Crippen LogP contribution in [0.5, 0.6) is 0 Å². The van der Waals surface area contributed by atoms with Crippen molar-refractivity contribution in [2.45, 2.75) is 44.6 Å². The lowest BCUT2D eigenvalue weighted by molar-refractivity contribution is -0.128. The number of hydrogen-bond donors (Lipinski definition) is 0. The Balaban J connectivity index is 2.13. The Morgan fingerprint density at radius 3 is 2.22 bits per heavy atom. The first-order chi connectivity index (χ1) is 8.54. The molecule has 2 heteroatoms. The number of benzene rings is 1. The first-order valence-electron chi connectivity index (χ1n) is 6.81. The second-order valence-electron chi connectivity index (χ2n) is 5.72. The van der Waals surface area contributed by atoms with Crippen molar-refractivity contribution in [3.63, 3.8) is 0 Å². The lowest BCUT2D eigenvalue weighted by Crippen LogP contribution is -2.49. The van der Waals surface area contributed by atoms with Gasteiger partial charge in [0.15, 0.2) is 5.78 Å². The predicted octanol–water partition coefficient (Wildman–Crippen LogP) is 2.98. The summed E-state index contributed by atoms with van der Waals surface area (Å²) in [6.07, 6.45) is 4.96. The highest BCUT2D eigenvalue weighted by atomic mass is 16.1. The minimum atomic E-state index is -0.203. The fraction of sp³-hybridized carbons (Fsp3) is 0.562. The molecule has 0 saturated heterocycles. The third kappa shape index (κ3) is 2.49. The van der Waals surface area contributed by atoms with Gasteiger partial charge in [0.25, 0.3) is 0 Å². The van der Waals surface area contributed by atoms with Crippen LogP contribution in [0.15, 0.2) is 24.3 Å². The Bertz CT molecular complexity index is 413. The molecule has 0 unspecified atom stereocenters. The van der Waals surface area contributed by atoms with Gasteiger partial charge in [-0.1, -0.05) is 42.7 Å². The van der Waals surface area contributed by atoms with Crippen LogP contribution in [0, 0.1) is 6.92 Å². The van der Waals surface area contributed by atoms with Crippen molar-refractivity contribution in [2.75, 3.05) is 14.1 Å². The second kappa shape index (κ2) is 5.23. The van der Waals surface area contributed by atoms with Gasteiger partial charge < -0.3 is 0 Å². The minimum Gasteiger partial charge on any atom is -0.297 e. The molecule has 98 valence electrons. The van der Waals surface area contributed by atoms with Gasteiger partial charge in [0, 0.05) is 6.42 Å². The van der Waals surface area contributed by atoms with Crippen LogP contribution in [0.1, 0.15) is 36.8 Å². The van der Waals surface area contributed by atoms with Crippen molar-refractivity contribution < 1.29 is 4.79 Å². The molecule has 0 heterocycles. The average molecular weight is 245 g/mol. The number of likely N-dealkylation sites (N-methyl/N-ethyl adjacent to an activating group) is 1. The van der Waals surface area contributed by atoms with Crippen molar-refractivity contribution in [1.82, 2.24) is 4.90 Å². The Labute approximate surface area is 110 Å². The number of Topliss-reactive ketones (excluding diaryl/α,β-unsaturated/α-hetero) is 1. The molecule has 18 heavy (non-hydrogen) atoms. The normalized spacial score (nSPS) is 18.2. The second-order valence-corrected chi connectivity index (χ2v) is 5.72. The number of hydrogen-bond acceptors (Lipinski definition) is 2. The van der Waals surface area contributed by atoms with Gasteiger partial charge in [-0.2, -0.15) is 0 Å². The van der Waals surface area contributed by atoms with E-state index in [-0.39, 0.29) is 5.54 Å². The lowest BCUT2D eigenvalue weighted by Gasteiger charge is -2.34. The maximum absolute atomic E-state index is 12.6. The van der Waals surface area contributed by atoms with Crippen LogP contribution in [-0.4, -0.2) is 30.3 Å². The van der Waals surface area contributed by atoms with Crippen LogP contribution < -0.4 is 0 Å². The predicted molar refractivity (Wildman–Crippen MR) is 74.8 cm³/mol. The van der Waals surface area contributed by atoms with Gasteiger partial charge >= 0.3 is 0 Å². The van der Waals surface area contributed by atoms with E-state index in [1.165, 1.54) is 18.4 Å². The van der Waals surface area contributed by atoms with Crippen LogP contribution >= 0.6 is 0 Å². The van der Waals surface area contributed by atoms with Gasteiger partial charge in [-0.05, 0) is 39.4 Å². The van der Waals surface area contributed by atoms with Crippen LogP contribution in [0.2, 0.25) is 0 Å². The van der Waals surface area contributed by atoms with Gasteiger partial charge in [-0.3, -0.25) is 9.69 Å². The van der Waals surface area contributed by atoms with Crippen molar-refractivity contribution >= 4 is 5.78 Å². The third-order valence-electron chi connectivity index (χ3n) is 4.29. The van der Waals surface area contributed by atoms with E-state index in [9.17, 15) is 4.79 Å². The van der Waals surface area contributed by atoms with E-state index in [1.807, 2.05) is 14.1 Å². The molecule has 2 nitrogen and oxygen atoms in total. The molecule has 1 aromatic rings. The summed E-state index contributed by atoms with van der Waals surface area (Å²) in [6.45, 7) is 2.07. The van der Waals surface area contributed by atoms with Crippen LogP contribution in [-0.2, 0) is 11.2 Å². The zero-order valence-corrected chi connectivity index (χ0v) is 11.7. The fourth-order valence-corrected chi connectivity index (χ4v) is 2.99. The summed E-state index contributed by atoms with van der Waals surface area (Å²) in [7, 11) is 4.08. The number of carbonyl (C=O) groups is 1. The van der Waals surface area contributed by atoms with Crippen LogP contribution in [0.3, 0.4) is 0 Å². The first kappa shape index (κ1) is 13.3. The van der Waals surface area contributed by atoms with Gasteiger partial charge in [-0.15, -0.1) is 0 Å². The quantitative estimate of drug-likeness (QED) is 0.813. The van der Waals surface area contributed by atoms with E-state index in [4.69, 9.17) is 0 Å². The molecule has 0 spiro atoms. The van der Waals surface area contributed by atoms with E-state index < -0.39 is 0 Å². The van der Waals surface area contributed by atoms with Gasteiger partial charge in [0.1, 0.15) is 0 Å². The monoisotopic (exact) mass is 245 g/mol. The van der Waals surface area contributed by atoms with Crippen molar-refractivity contribution in [1.29, 1.82) is 0 Å². The summed E-state index contributed by atoms with van der Waals surface area (Å²) in [6, 6.07) is 8.32. The van der Waals surface area contributed by atoms with E-state index in [2.05, 4.69) is 36.1 Å². The zero-order chi connectivity index (χ0) is 13.2. The molecule has 0 bridgehead atoms. The van der Waals surface area contributed by atoms with Crippen molar-refractivity contribution in [2.24, 2.45) is 0 Å². The van der Waals surface area contributed by atoms with E-state index in [0.29, 0.717) is 12.2 Å². The maximum Gasteiger partial charge on any atom is 0.157 e. The Kier molecular flexibility index (Phi) is 3.86. The minimum absolute atomic E-state index is 0.203. The Morgan fingerprint density at radius 2 is 1.72 bits per heavy atom. The molecule has 1 aliphatic carbocycles. The molecular weight excluding hydrogens is 222 g/mol.